The maximum absolute atomic E-state index is 13.3. The van der Waals surface area contributed by atoms with Gasteiger partial charge >= 0.3 is 27.5 Å². The Morgan fingerprint density at radius 2 is 1.71 bits per heavy atom. The van der Waals surface area contributed by atoms with Gasteiger partial charge in [-0.2, -0.15) is 30.4 Å². The van der Waals surface area contributed by atoms with Crippen LogP contribution in [0.2, 0.25) is 0 Å². The molecule has 1 aliphatic carbocycles. The first-order chi connectivity index (χ1) is 10.8. The largest absolute Gasteiger partial charge is 0.464 e. The van der Waals surface area contributed by atoms with Crippen molar-refractivity contribution in [2.45, 2.75) is 49.3 Å². The third-order valence-electron chi connectivity index (χ3n) is 3.42. The van der Waals surface area contributed by atoms with Crippen LogP contribution in [0.3, 0.4) is 0 Å². The highest BCUT2D eigenvalue weighted by Crippen LogP contribution is 2.39. The summed E-state index contributed by atoms with van der Waals surface area (Å²) in [7, 11) is -6.50. The van der Waals surface area contributed by atoms with Crippen LogP contribution in [0, 0.1) is 5.92 Å². The molecule has 1 fully saturated rings. The van der Waals surface area contributed by atoms with E-state index in [9.17, 15) is 40.0 Å². The van der Waals surface area contributed by atoms with E-state index in [0.717, 1.165) is 0 Å². The fraction of sp³-hybridized carbons (Fsp3) is 0.818. The zero-order valence-corrected chi connectivity index (χ0v) is 12.6. The van der Waals surface area contributed by atoms with E-state index in [1.807, 2.05) is 0 Å². The Morgan fingerprint density at radius 3 is 2.17 bits per heavy atom. The maximum Gasteiger partial charge on any atom is 0.432 e. The molecule has 1 saturated carbocycles. The molecule has 0 bridgehead atoms. The third-order valence-corrected chi connectivity index (χ3v) is 4.32. The van der Waals surface area contributed by atoms with Gasteiger partial charge in [0.25, 0.3) is 12.6 Å². The predicted octanol–water partition coefficient (Wildman–Crippen LogP) is 1.67. The van der Waals surface area contributed by atoms with Gasteiger partial charge in [0.2, 0.25) is 0 Å². The number of hydrogen-bond acceptors (Lipinski definition) is 6. The lowest BCUT2D eigenvalue weighted by atomic mass is 9.86. The van der Waals surface area contributed by atoms with Gasteiger partial charge in [0.15, 0.2) is 0 Å². The van der Waals surface area contributed by atoms with Crippen molar-refractivity contribution in [3.8, 4) is 0 Å². The van der Waals surface area contributed by atoms with Crippen LogP contribution in [-0.2, 0) is 29.2 Å². The summed E-state index contributed by atoms with van der Waals surface area (Å²) in [5.41, 5.74) is 0. The smallest absolute Gasteiger partial charge is 0.432 e. The van der Waals surface area contributed by atoms with Crippen molar-refractivity contribution in [2.75, 3.05) is 0 Å². The molecule has 0 amide bonds. The summed E-state index contributed by atoms with van der Waals surface area (Å²) in [4.78, 5) is 22.1. The minimum Gasteiger partial charge on any atom is -0.464 e. The van der Waals surface area contributed by atoms with Crippen LogP contribution in [0.4, 0.5) is 22.0 Å². The fourth-order valence-electron chi connectivity index (χ4n) is 2.27. The van der Waals surface area contributed by atoms with Crippen LogP contribution < -0.4 is 0 Å². The molecule has 0 saturated heterocycles. The van der Waals surface area contributed by atoms with Crippen LogP contribution >= 0.6 is 0 Å². The second kappa shape index (κ2) is 7.17. The molecule has 0 spiro atoms. The summed E-state index contributed by atoms with van der Waals surface area (Å²) >= 11 is 0. The zero-order chi connectivity index (χ0) is 18.8. The lowest BCUT2D eigenvalue weighted by Gasteiger charge is -2.31. The highest BCUT2D eigenvalue weighted by atomic mass is 32.2. The quantitative estimate of drug-likeness (QED) is 0.321. The molecule has 140 valence electrons. The Morgan fingerprint density at radius 1 is 1.17 bits per heavy atom. The molecule has 0 radical (unpaired) electrons. The van der Waals surface area contributed by atoms with Crippen molar-refractivity contribution >= 4 is 22.6 Å². The second-order valence-electron chi connectivity index (χ2n) is 5.06. The Balaban J connectivity index is 3.06. The molecular formula is C11H13F5O7S. The van der Waals surface area contributed by atoms with Crippen molar-refractivity contribution in [1.82, 2.24) is 0 Å². The monoisotopic (exact) mass is 384 g/mol. The van der Waals surface area contributed by atoms with E-state index in [2.05, 4.69) is 9.47 Å². The fourth-order valence-corrected chi connectivity index (χ4v) is 2.72. The first-order valence-corrected chi connectivity index (χ1v) is 7.97. The molecule has 0 aromatic heterocycles. The van der Waals surface area contributed by atoms with Crippen LogP contribution in [-0.4, -0.2) is 49.1 Å². The van der Waals surface area contributed by atoms with Gasteiger partial charge in [-0.1, -0.05) is 6.42 Å². The summed E-state index contributed by atoms with van der Waals surface area (Å²) in [5, 5.41) is -5.80. The first-order valence-electron chi connectivity index (χ1n) is 6.53. The number of ether oxygens (including phenoxy) is 2. The average Bonchev–Trinajstić information content (AvgIpc) is 2.42. The first kappa shape index (κ1) is 20.5. The van der Waals surface area contributed by atoms with E-state index in [-0.39, 0.29) is 19.3 Å². The Labute approximate surface area is 132 Å². The standard InChI is InChI=1S/C11H13F5O7S/c12-10(13,14)9(11(15,16)24(19,20)21)23-8(18)6-3-1-2-4-7(6)22-5-17/h5-7,9H,1-4H2,(H,19,20,21). The van der Waals surface area contributed by atoms with Gasteiger partial charge < -0.3 is 9.47 Å². The number of alkyl halides is 5. The lowest BCUT2D eigenvalue weighted by molar-refractivity contribution is -0.262. The van der Waals surface area contributed by atoms with Crippen LogP contribution in [0.25, 0.3) is 0 Å². The predicted molar refractivity (Wildman–Crippen MR) is 65.3 cm³/mol. The number of halogens is 5. The van der Waals surface area contributed by atoms with Crippen LogP contribution in [0.5, 0.6) is 0 Å². The van der Waals surface area contributed by atoms with Crippen molar-refractivity contribution < 1.29 is 54.0 Å². The molecule has 1 aliphatic rings. The molecule has 7 nitrogen and oxygen atoms in total. The van der Waals surface area contributed by atoms with Crippen molar-refractivity contribution in [2.24, 2.45) is 5.92 Å². The number of esters is 1. The van der Waals surface area contributed by atoms with E-state index < -0.39 is 45.6 Å². The molecule has 13 heteroatoms. The Kier molecular flexibility index (Phi) is 6.14. The normalized spacial score (nSPS) is 24.1. The highest BCUT2D eigenvalue weighted by Gasteiger charge is 2.66. The molecule has 0 heterocycles. The van der Waals surface area contributed by atoms with Gasteiger partial charge in [-0.3, -0.25) is 14.1 Å². The summed E-state index contributed by atoms with van der Waals surface area (Å²) in [6.07, 6.45) is -10.7. The highest BCUT2D eigenvalue weighted by molar-refractivity contribution is 7.86. The Bertz CT molecular complexity index is 574. The van der Waals surface area contributed by atoms with Crippen LogP contribution in [0.15, 0.2) is 0 Å². The van der Waals surface area contributed by atoms with Gasteiger partial charge in [-0.15, -0.1) is 0 Å². The second-order valence-corrected chi connectivity index (χ2v) is 6.55. The van der Waals surface area contributed by atoms with E-state index in [1.165, 1.54) is 0 Å². The van der Waals surface area contributed by atoms with Crippen molar-refractivity contribution in [1.29, 1.82) is 0 Å². The SMILES string of the molecule is O=COC1CCCCC1C(=O)OC(C(F)(F)F)C(F)(F)S(=O)(=O)O. The summed E-state index contributed by atoms with van der Waals surface area (Å²) in [6, 6.07) is 0. The third kappa shape index (κ3) is 4.53. The Hall–Kier alpha value is -1.50. The van der Waals surface area contributed by atoms with Gasteiger partial charge in [0.1, 0.15) is 6.10 Å². The number of rotatable bonds is 6. The van der Waals surface area contributed by atoms with Gasteiger partial charge in [0.05, 0.1) is 5.92 Å². The van der Waals surface area contributed by atoms with Crippen molar-refractivity contribution in [3.05, 3.63) is 0 Å². The minimum atomic E-state index is -6.50. The lowest BCUT2D eigenvalue weighted by Crippen LogP contribution is -2.53. The number of carbonyl (C=O) groups is 2. The summed E-state index contributed by atoms with van der Waals surface area (Å²) in [6.45, 7) is -0.0513. The molecule has 0 aromatic rings. The summed E-state index contributed by atoms with van der Waals surface area (Å²) in [5.74, 6) is -3.25. The topological polar surface area (TPSA) is 107 Å². The van der Waals surface area contributed by atoms with Gasteiger partial charge in [-0.05, 0) is 19.3 Å². The summed E-state index contributed by atoms with van der Waals surface area (Å²) < 4.78 is 102. The van der Waals surface area contributed by atoms with Crippen molar-refractivity contribution in [3.63, 3.8) is 0 Å². The molecule has 3 unspecified atom stereocenters. The molecule has 0 aliphatic heterocycles. The van der Waals surface area contributed by atoms with E-state index in [0.29, 0.717) is 12.8 Å². The molecule has 0 aromatic carbocycles. The van der Waals surface area contributed by atoms with Crippen LogP contribution in [0.1, 0.15) is 25.7 Å². The molecule has 24 heavy (non-hydrogen) atoms. The number of hydrogen-bond donors (Lipinski definition) is 1. The number of carbonyl (C=O) groups excluding carboxylic acids is 2. The molecular weight excluding hydrogens is 371 g/mol. The van der Waals surface area contributed by atoms with E-state index in [4.69, 9.17) is 4.55 Å². The zero-order valence-electron chi connectivity index (χ0n) is 11.8. The molecule has 1 rings (SSSR count). The maximum atomic E-state index is 13.3. The molecule has 3 atom stereocenters. The van der Waals surface area contributed by atoms with E-state index in [1.54, 1.807) is 0 Å². The average molecular weight is 384 g/mol. The molecule has 1 N–H and O–H groups in total. The van der Waals surface area contributed by atoms with Gasteiger partial charge in [0, 0.05) is 0 Å². The van der Waals surface area contributed by atoms with E-state index >= 15 is 0 Å². The van der Waals surface area contributed by atoms with Gasteiger partial charge in [-0.25, -0.2) is 0 Å². The minimum absolute atomic E-state index is 0.0513.